The molecule has 0 aliphatic rings. The van der Waals surface area contributed by atoms with E-state index >= 15 is 0 Å². The number of furan rings is 1. The monoisotopic (exact) mass is 327 g/mol. The molecule has 0 saturated carbocycles. The Labute approximate surface area is 134 Å². The number of nitrogens with one attached hydrogen (secondary N) is 1. The number of thiophene rings is 1. The highest BCUT2D eigenvalue weighted by Crippen LogP contribution is 2.35. The Morgan fingerprint density at radius 3 is 2.96 bits per heavy atom. The molecule has 0 unspecified atom stereocenters. The SMILES string of the molecule is CNc1nc2cc(-c3ccc(C(N)=O)o3)sc2n2c(C)cnc12. The molecular weight excluding hydrogens is 314 g/mol. The van der Waals surface area contributed by atoms with Gasteiger partial charge >= 0.3 is 0 Å². The van der Waals surface area contributed by atoms with E-state index in [4.69, 9.17) is 10.2 Å². The van der Waals surface area contributed by atoms with Crippen LogP contribution in [0.2, 0.25) is 0 Å². The van der Waals surface area contributed by atoms with E-state index in [1.807, 2.05) is 26.2 Å². The fourth-order valence-electron chi connectivity index (χ4n) is 2.53. The molecule has 4 rings (SSSR count). The van der Waals surface area contributed by atoms with E-state index in [1.54, 1.807) is 12.1 Å². The standard InChI is InChI=1S/C15H13N5O2S/c1-7-6-18-14-13(17-2)19-8-5-11(23-15(8)20(7)14)9-3-4-10(22-9)12(16)21/h3-6H,1-2H3,(H2,16,21)(H,17,19). The zero-order valence-corrected chi connectivity index (χ0v) is 13.3. The number of anilines is 1. The molecule has 0 bridgehead atoms. The van der Waals surface area contributed by atoms with Crippen molar-refractivity contribution in [2.75, 3.05) is 12.4 Å². The van der Waals surface area contributed by atoms with Crippen LogP contribution >= 0.6 is 11.3 Å². The number of imidazole rings is 1. The first-order valence-corrected chi connectivity index (χ1v) is 7.75. The Morgan fingerprint density at radius 2 is 2.26 bits per heavy atom. The summed E-state index contributed by atoms with van der Waals surface area (Å²) in [5.74, 6) is 0.872. The minimum absolute atomic E-state index is 0.144. The van der Waals surface area contributed by atoms with Crippen LogP contribution in [-0.4, -0.2) is 27.3 Å². The van der Waals surface area contributed by atoms with Gasteiger partial charge in [-0.3, -0.25) is 9.20 Å². The average Bonchev–Trinajstić information content (AvgIpc) is 3.22. The van der Waals surface area contributed by atoms with Crippen LogP contribution in [0.15, 0.2) is 28.8 Å². The summed E-state index contributed by atoms with van der Waals surface area (Å²) in [7, 11) is 1.82. The predicted molar refractivity (Wildman–Crippen MR) is 88.9 cm³/mol. The number of carbonyl (C=O) groups is 1. The number of rotatable bonds is 3. The van der Waals surface area contributed by atoms with Crippen molar-refractivity contribution in [3.8, 4) is 10.6 Å². The largest absolute Gasteiger partial charge is 0.450 e. The Balaban J connectivity index is 1.98. The van der Waals surface area contributed by atoms with Crippen LogP contribution in [0, 0.1) is 6.92 Å². The summed E-state index contributed by atoms with van der Waals surface area (Å²) in [6, 6.07) is 5.25. The summed E-state index contributed by atoms with van der Waals surface area (Å²) in [5, 5.41) is 3.07. The molecule has 0 aromatic carbocycles. The van der Waals surface area contributed by atoms with Gasteiger partial charge in [-0.1, -0.05) is 0 Å². The van der Waals surface area contributed by atoms with Gasteiger partial charge in [0.05, 0.1) is 4.88 Å². The van der Waals surface area contributed by atoms with E-state index in [0.717, 1.165) is 26.6 Å². The maximum Gasteiger partial charge on any atom is 0.284 e. The number of primary amides is 1. The van der Waals surface area contributed by atoms with Crippen LogP contribution in [0.4, 0.5) is 5.82 Å². The van der Waals surface area contributed by atoms with E-state index in [0.29, 0.717) is 11.6 Å². The summed E-state index contributed by atoms with van der Waals surface area (Å²) in [6.45, 7) is 2.00. The summed E-state index contributed by atoms with van der Waals surface area (Å²) in [6.07, 6.45) is 1.81. The van der Waals surface area contributed by atoms with Gasteiger partial charge in [-0.2, -0.15) is 0 Å². The lowest BCUT2D eigenvalue weighted by atomic mass is 10.3. The maximum atomic E-state index is 11.2. The highest BCUT2D eigenvalue weighted by atomic mass is 32.1. The molecule has 0 aliphatic carbocycles. The Hall–Kier alpha value is -2.87. The lowest BCUT2D eigenvalue weighted by Crippen LogP contribution is -2.08. The van der Waals surface area contributed by atoms with Gasteiger partial charge in [0.2, 0.25) is 0 Å². The molecule has 0 atom stereocenters. The number of aryl methyl sites for hydroxylation is 1. The van der Waals surface area contributed by atoms with Gasteiger partial charge in [-0.05, 0) is 25.1 Å². The number of hydrogen-bond acceptors (Lipinski definition) is 6. The van der Waals surface area contributed by atoms with Crippen molar-refractivity contribution >= 4 is 39.1 Å². The molecule has 0 fully saturated rings. The summed E-state index contributed by atoms with van der Waals surface area (Å²) < 4.78 is 7.56. The molecule has 1 amide bonds. The number of carbonyl (C=O) groups excluding carboxylic acids is 1. The van der Waals surface area contributed by atoms with Crippen LogP contribution in [0.3, 0.4) is 0 Å². The zero-order chi connectivity index (χ0) is 16.1. The molecule has 0 saturated heterocycles. The second-order valence-electron chi connectivity index (χ2n) is 5.10. The second-order valence-corrected chi connectivity index (χ2v) is 6.13. The van der Waals surface area contributed by atoms with Crippen molar-refractivity contribution in [3.63, 3.8) is 0 Å². The van der Waals surface area contributed by atoms with E-state index in [2.05, 4.69) is 19.7 Å². The van der Waals surface area contributed by atoms with E-state index in [1.165, 1.54) is 11.3 Å². The second kappa shape index (κ2) is 4.82. The average molecular weight is 327 g/mol. The number of nitrogens with zero attached hydrogens (tertiary/aromatic N) is 3. The van der Waals surface area contributed by atoms with Crippen molar-refractivity contribution in [3.05, 3.63) is 35.9 Å². The van der Waals surface area contributed by atoms with Gasteiger partial charge in [0.25, 0.3) is 5.91 Å². The molecule has 8 heteroatoms. The molecule has 3 N–H and O–H groups in total. The zero-order valence-electron chi connectivity index (χ0n) is 12.5. The topological polar surface area (TPSA) is 98.4 Å². The van der Waals surface area contributed by atoms with Crippen molar-refractivity contribution in [1.82, 2.24) is 14.4 Å². The van der Waals surface area contributed by atoms with Crippen LogP contribution in [0.25, 0.3) is 26.6 Å². The van der Waals surface area contributed by atoms with Gasteiger partial charge in [0, 0.05) is 18.9 Å². The third kappa shape index (κ3) is 1.99. The van der Waals surface area contributed by atoms with Gasteiger partial charge in [0.15, 0.2) is 17.2 Å². The highest BCUT2D eigenvalue weighted by molar-refractivity contribution is 7.21. The van der Waals surface area contributed by atoms with Crippen molar-refractivity contribution in [2.45, 2.75) is 6.92 Å². The lowest BCUT2D eigenvalue weighted by Gasteiger charge is -2.04. The van der Waals surface area contributed by atoms with E-state index < -0.39 is 5.91 Å². The van der Waals surface area contributed by atoms with E-state index in [-0.39, 0.29) is 5.76 Å². The van der Waals surface area contributed by atoms with Gasteiger partial charge in [0.1, 0.15) is 16.1 Å². The molecule has 116 valence electrons. The van der Waals surface area contributed by atoms with Crippen LogP contribution < -0.4 is 11.1 Å². The smallest absolute Gasteiger partial charge is 0.284 e. The molecule has 0 spiro atoms. The van der Waals surface area contributed by atoms with Crippen LogP contribution in [0.1, 0.15) is 16.2 Å². The van der Waals surface area contributed by atoms with Crippen LogP contribution in [-0.2, 0) is 0 Å². The fraction of sp³-hybridized carbons (Fsp3) is 0.133. The molecule has 4 aromatic rings. The number of fused-ring (bicyclic) bond motifs is 3. The third-order valence-corrected chi connectivity index (χ3v) is 4.73. The molecule has 4 aromatic heterocycles. The lowest BCUT2D eigenvalue weighted by molar-refractivity contribution is 0.0975. The summed E-state index contributed by atoms with van der Waals surface area (Å²) in [5.41, 5.74) is 7.87. The molecular formula is C15H13N5O2S. The minimum atomic E-state index is -0.583. The van der Waals surface area contributed by atoms with Crippen molar-refractivity contribution in [1.29, 1.82) is 0 Å². The first-order valence-electron chi connectivity index (χ1n) is 6.94. The van der Waals surface area contributed by atoms with Crippen molar-refractivity contribution in [2.24, 2.45) is 5.73 Å². The first-order chi connectivity index (χ1) is 11.1. The number of amides is 1. The highest BCUT2D eigenvalue weighted by Gasteiger charge is 2.17. The van der Waals surface area contributed by atoms with Gasteiger partial charge in [-0.15, -0.1) is 11.3 Å². The number of nitrogens with two attached hydrogens (primary N) is 1. The molecule has 0 radical (unpaired) electrons. The Morgan fingerprint density at radius 1 is 1.43 bits per heavy atom. The fourth-order valence-corrected chi connectivity index (χ4v) is 3.65. The molecule has 7 nitrogen and oxygen atoms in total. The van der Waals surface area contributed by atoms with E-state index in [9.17, 15) is 4.79 Å². The molecule has 0 aliphatic heterocycles. The minimum Gasteiger partial charge on any atom is -0.450 e. The Kier molecular flexibility index (Phi) is 2.88. The van der Waals surface area contributed by atoms with Gasteiger partial charge < -0.3 is 15.5 Å². The van der Waals surface area contributed by atoms with Crippen molar-refractivity contribution < 1.29 is 9.21 Å². The van der Waals surface area contributed by atoms with Gasteiger partial charge in [-0.25, -0.2) is 9.97 Å². The first kappa shape index (κ1) is 13.8. The number of hydrogen-bond donors (Lipinski definition) is 2. The molecule has 23 heavy (non-hydrogen) atoms. The summed E-state index contributed by atoms with van der Waals surface area (Å²) in [4.78, 5) is 22.0. The predicted octanol–water partition coefficient (Wildman–Crippen LogP) is 2.65. The maximum absolute atomic E-state index is 11.2. The van der Waals surface area contributed by atoms with Crippen LogP contribution in [0.5, 0.6) is 0 Å². The normalized spacial score (nSPS) is 11.4. The molecule has 4 heterocycles. The number of aromatic nitrogens is 3. The Bertz CT molecular complexity index is 1060. The summed E-state index contributed by atoms with van der Waals surface area (Å²) >= 11 is 1.53. The third-order valence-electron chi connectivity index (χ3n) is 3.61. The quantitative estimate of drug-likeness (QED) is 0.603.